The lowest BCUT2D eigenvalue weighted by Crippen LogP contribution is -2.04. The maximum absolute atomic E-state index is 13.0. The smallest absolute Gasteiger partial charge is 0.289 e. The molecule has 1 N–H and O–H groups in total. The summed E-state index contributed by atoms with van der Waals surface area (Å²) in [5.41, 5.74) is 3.26. The third-order valence-corrected chi connectivity index (χ3v) is 4.10. The van der Waals surface area contributed by atoms with Crippen LogP contribution in [-0.4, -0.2) is 10.9 Å². The van der Waals surface area contributed by atoms with E-state index >= 15 is 0 Å². The average Bonchev–Trinajstić information content (AvgIpc) is 2.99. The molecule has 3 nitrogen and oxygen atoms in total. The van der Waals surface area contributed by atoms with Gasteiger partial charge in [-0.3, -0.25) is 4.79 Å². The molecule has 1 aliphatic rings. The molecule has 0 amide bonds. The highest BCUT2D eigenvalue weighted by molar-refractivity contribution is 6.33. The predicted octanol–water partition coefficient (Wildman–Crippen LogP) is 4.93. The summed E-state index contributed by atoms with van der Waals surface area (Å²) in [4.78, 5) is 12.3. The zero-order valence-corrected chi connectivity index (χ0v) is 13.1. The van der Waals surface area contributed by atoms with Gasteiger partial charge in [-0.05, 0) is 53.6 Å². The molecule has 0 saturated carbocycles. The van der Waals surface area contributed by atoms with Crippen LogP contribution in [0.5, 0.6) is 5.95 Å². The van der Waals surface area contributed by atoms with Crippen LogP contribution in [0.1, 0.15) is 16.7 Å². The van der Waals surface area contributed by atoms with Gasteiger partial charge in [-0.2, -0.15) is 0 Å². The summed E-state index contributed by atoms with van der Waals surface area (Å²) in [7, 11) is 0. The summed E-state index contributed by atoms with van der Waals surface area (Å²) in [6.07, 6.45) is 4.89. The molecule has 0 saturated heterocycles. The Morgan fingerprint density at radius 2 is 1.76 bits per heavy atom. The quantitative estimate of drug-likeness (QED) is 0.677. The molecule has 0 fully saturated rings. The molecule has 0 aliphatic heterocycles. The van der Waals surface area contributed by atoms with Gasteiger partial charge in [0.2, 0.25) is 0 Å². The van der Waals surface area contributed by atoms with Crippen LogP contribution in [0.25, 0.3) is 29.0 Å². The fourth-order valence-electron chi connectivity index (χ4n) is 2.84. The number of allylic oxidation sites excluding steroid dienone is 2. The minimum Gasteiger partial charge on any atom is -0.480 e. The molecule has 2 aromatic carbocycles. The first-order valence-corrected chi connectivity index (χ1v) is 7.74. The number of carbonyl (C=O) groups is 1. The molecular weight excluding hydrogens is 319 g/mol. The van der Waals surface area contributed by atoms with E-state index in [9.17, 15) is 14.3 Å². The van der Waals surface area contributed by atoms with Gasteiger partial charge < -0.3 is 9.52 Å². The molecular formula is C21H13FO3. The first kappa shape index (κ1) is 15.1. The Balaban J connectivity index is 1.78. The van der Waals surface area contributed by atoms with Crippen molar-refractivity contribution in [2.45, 2.75) is 0 Å². The second-order valence-electron chi connectivity index (χ2n) is 5.72. The molecule has 4 heteroatoms. The molecule has 0 spiro atoms. The van der Waals surface area contributed by atoms with E-state index in [1.165, 1.54) is 18.2 Å². The van der Waals surface area contributed by atoms with Crippen molar-refractivity contribution in [3.63, 3.8) is 0 Å². The number of carbonyl (C=O) groups excluding carboxylic acids is 1. The first-order valence-electron chi connectivity index (χ1n) is 7.74. The fraction of sp³-hybridized carbons (Fsp3) is 0. The van der Waals surface area contributed by atoms with Crippen LogP contribution in [0.2, 0.25) is 0 Å². The van der Waals surface area contributed by atoms with Gasteiger partial charge >= 0.3 is 0 Å². The fourth-order valence-corrected chi connectivity index (χ4v) is 2.84. The summed E-state index contributed by atoms with van der Waals surface area (Å²) in [5, 5.41) is 10.1. The van der Waals surface area contributed by atoms with Crippen LogP contribution in [0.3, 0.4) is 0 Å². The largest absolute Gasteiger partial charge is 0.480 e. The number of hydrogen-bond donors (Lipinski definition) is 1. The van der Waals surface area contributed by atoms with Gasteiger partial charge in [0, 0.05) is 11.1 Å². The summed E-state index contributed by atoms with van der Waals surface area (Å²) >= 11 is 0. The number of benzene rings is 2. The minimum absolute atomic E-state index is 0.136. The minimum atomic E-state index is -0.349. The number of hydrogen-bond acceptors (Lipinski definition) is 3. The SMILES string of the molecule is O=C1C=Cc2ccccc2C1=Cc1cc(-c2ccc(F)cc2)oc1O. The van der Waals surface area contributed by atoms with Crippen molar-refractivity contribution >= 4 is 23.5 Å². The molecule has 3 aromatic rings. The summed E-state index contributed by atoms with van der Waals surface area (Å²) in [6.45, 7) is 0. The van der Waals surface area contributed by atoms with Gasteiger partial charge in [-0.15, -0.1) is 0 Å². The van der Waals surface area contributed by atoms with Gasteiger partial charge in [0.1, 0.15) is 11.6 Å². The molecule has 1 heterocycles. The second kappa shape index (κ2) is 5.91. The van der Waals surface area contributed by atoms with Crippen molar-refractivity contribution < 1.29 is 18.7 Å². The van der Waals surface area contributed by atoms with Gasteiger partial charge in [0.05, 0.1) is 5.56 Å². The van der Waals surface area contributed by atoms with Gasteiger partial charge in [0.25, 0.3) is 5.95 Å². The predicted molar refractivity (Wildman–Crippen MR) is 94.1 cm³/mol. The van der Waals surface area contributed by atoms with Crippen LogP contribution in [0, 0.1) is 5.82 Å². The standard InChI is InChI=1S/C21H13FO3/c22-16-8-5-14(6-9-16)20-12-15(21(24)25-20)11-18-17-4-2-1-3-13(17)7-10-19(18)23/h1-12,24H. The number of furan rings is 1. The van der Waals surface area contributed by atoms with E-state index < -0.39 is 0 Å². The van der Waals surface area contributed by atoms with Crippen LogP contribution >= 0.6 is 0 Å². The van der Waals surface area contributed by atoms with Crippen molar-refractivity contribution in [3.8, 4) is 17.3 Å². The van der Waals surface area contributed by atoms with Gasteiger partial charge in [-0.1, -0.05) is 30.3 Å². The highest BCUT2D eigenvalue weighted by Crippen LogP contribution is 2.35. The van der Waals surface area contributed by atoms with Crippen molar-refractivity contribution in [3.05, 3.63) is 83.2 Å². The van der Waals surface area contributed by atoms with Crippen molar-refractivity contribution in [2.24, 2.45) is 0 Å². The lowest BCUT2D eigenvalue weighted by molar-refractivity contribution is -0.109. The molecule has 1 aromatic heterocycles. The van der Waals surface area contributed by atoms with Crippen molar-refractivity contribution in [1.82, 2.24) is 0 Å². The molecule has 0 radical (unpaired) electrons. The number of halogens is 1. The molecule has 0 bridgehead atoms. The Hall–Kier alpha value is -3.40. The van der Waals surface area contributed by atoms with Crippen LogP contribution < -0.4 is 0 Å². The summed E-state index contributed by atoms with van der Waals surface area (Å²) in [6, 6.07) is 14.9. The topological polar surface area (TPSA) is 50.4 Å². The van der Waals surface area contributed by atoms with Crippen molar-refractivity contribution in [1.29, 1.82) is 0 Å². The Morgan fingerprint density at radius 1 is 1.00 bits per heavy atom. The monoisotopic (exact) mass is 332 g/mol. The molecule has 25 heavy (non-hydrogen) atoms. The number of ketones is 1. The molecule has 0 unspecified atom stereocenters. The van der Waals surface area contributed by atoms with Crippen molar-refractivity contribution in [2.75, 3.05) is 0 Å². The number of rotatable bonds is 2. The van der Waals surface area contributed by atoms with Gasteiger partial charge in [-0.25, -0.2) is 4.39 Å². The second-order valence-corrected chi connectivity index (χ2v) is 5.72. The van der Waals surface area contributed by atoms with E-state index in [4.69, 9.17) is 4.42 Å². The van der Waals surface area contributed by atoms with Crippen LogP contribution in [-0.2, 0) is 4.79 Å². The lowest BCUT2D eigenvalue weighted by atomic mass is 9.90. The average molecular weight is 332 g/mol. The Kier molecular flexibility index (Phi) is 3.58. The van der Waals surface area contributed by atoms with E-state index in [2.05, 4.69) is 0 Å². The maximum Gasteiger partial charge on any atom is 0.289 e. The Bertz CT molecular complexity index is 1020. The zero-order valence-electron chi connectivity index (χ0n) is 13.1. The van der Waals surface area contributed by atoms with E-state index in [0.29, 0.717) is 22.5 Å². The summed E-state index contributed by atoms with van der Waals surface area (Å²) in [5.74, 6) is -0.371. The first-order chi connectivity index (χ1) is 12.1. The molecule has 122 valence electrons. The van der Waals surface area contributed by atoms with E-state index in [1.54, 1.807) is 30.4 Å². The van der Waals surface area contributed by atoms with E-state index in [0.717, 1.165) is 11.1 Å². The van der Waals surface area contributed by atoms with Crippen LogP contribution in [0.4, 0.5) is 4.39 Å². The molecule has 4 rings (SSSR count). The Labute approximate surface area is 143 Å². The normalized spacial score (nSPS) is 14.8. The molecule has 1 aliphatic carbocycles. The maximum atomic E-state index is 13.0. The Morgan fingerprint density at radius 3 is 2.56 bits per heavy atom. The third kappa shape index (κ3) is 2.78. The zero-order chi connectivity index (χ0) is 17.4. The van der Waals surface area contributed by atoms with Crippen LogP contribution in [0.15, 0.2) is 65.1 Å². The molecule has 0 atom stereocenters. The van der Waals surface area contributed by atoms with E-state index in [1.807, 2.05) is 24.3 Å². The number of aromatic hydroxyl groups is 1. The highest BCUT2D eigenvalue weighted by atomic mass is 19.1. The number of fused-ring (bicyclic) bond motifs is 1. The van der Waals surface area contributed by atoms with Gasteiger partial charge in [0.15, 0.2) is 5.78 Å². The lowest BCUT2D eigenvalue weighted by Gasteiger charge is -2.12. The highest BCUT2D eigenvalue weighted by Gasteiger charge is 2.19. The van der Waals surface area contributed by atoms with E-state index in [-0.39, 0.29) is 17.5 Å². The summed E-state index contributed by atoms with van der Waals surface area (Å²) < 4.78 is 18.4. The third-order valence-electron chi connectivity index (χ3n) is 4.10.